The molecular weight excluding hydrogens is 378 g/mol. The molecule has 28 heavy (non-hydrogen) atoms. The van der Waals surface area contributed by atoms with E-state index in [0.717, 1.165) is 5.56 Å². The number of benzene rings is 2. The average molecular weight is 400 g/mol. The first-order valence-corrected chi connectivity index (χ1v) is 9.42. The Hall–Kier alpha value is -2.86. The Labute approximate surface area is 169 Å². The first-order valence-electron chi connectivity index (χ1n) is 9.04. The van der Waals surface area contributed by atoms with Gasteiger partial charge in [0.2, 0.25) is 11.7 Å². The van der Waals surface area contributed by atoms with Crippen molar-refractivity contribution in [1.82, 2.24) is 15.0 Å². The van der Waals surface area contributed by atoms with E-state index in [2.05, 4.69) is 10.1 Å². The minimum absolute atomic E-state index is 0.0554. The third kappa shape index (κ3) is 4.89. The second-order valence-corrected chi connectivity index (χ2v) is 7.09. The van der Waals surface area contributed by atoms with Gasteiger partial charge in [0.15, 0.2) is 6.10 Å². The molecule has 0 aliphatic rings. The normalized spacial score (nSPS) is 12.0. The third-order valence-corrected chi connectivity index (χ3v) is 4.44. The number of hydrogen-bond acceptors (Lipinski definition) is 5. The van der Waals surface area contributed by atoms with Gasteiger partial charge in [0.05, 0.1) is 0 Å². The van der Waals surface area contributed by atoms with Crippen LogP contribution in [0, 0.1) is 0 Å². The molecule has 0 fully saturated rings. The number of para-hydroxylation sites is 1. The molecule has 146 valence electrons. The fourth-order valence-electron chi connectivity index (χ4n) is 2.68. The Balaban J connectivity index is 1.70. The summed E-state index contributed by atoms with van der Waals surface area (Å²) in [6, 6.07) is 16.4. The smallest absolute Gasteiger partial charge is 0.264 e. The molecule has 0 aliphatic carbocycles. The number of ether oxygens (including phenoxy) is 1. The number of hydrogen-bond donors (Lipinski definition) is 0. The predicted octanol–water partition coefficient (Wildman–Crippen LogP) is 4.59. The summed E-state index contributed by atoms with van der Waals surface area (Å²) in [4.78, 5) is 19.0. The monoisotopic (exact) mass is 399 g/mol. The fraction of sp³-hybridized carbons (Fsp3) is 0.286. The molecule has 0 aliphatic heterocycles. The Bertz CT molecular complexity index is 910. The topological polar surface area (TPSA) is 68.5 Å². The van der Waals surface area contributed by atoms with Gasteiger partial charge in [-0.2, -0.15) is 4.98 Å². The van der Waals surface area contributed by atoms with E-state index >= 15 is 0 Å². The van der Waals surface area contributed by atoms with E-state index in [1.165, 1.54) is 0 Å². The summed E-state index contributed by atoms with van der Waals surface area (Å²) in [6.07, 6.45) is -0.636. The molecule has 6 nitrogen and oxygen atoms in total. The fourth-order valence-corrected chi connectivity index (χ4v) is 2.81. The van der Waals surface area contributed by atoms with E-state index in [1.807, 2.05) is 56.3 Å². The van der Waals surface area contributed by atoms with Gasteiger partial charge in [0.25, 0.3) is 5.91 Å². The zero-order valence-corrected chi connectivity index (χ0v) is 16.8. The molecule has 1 aromatic heterocycles. The number of rotatable bonds is 7. The standard InChI is InChI=1S/C21H22ClN3O3/c1-14(2)25(21(26)15(3)27-18-7-5-4-6-8-18)13-19-23-20(24-28-19)16-9-11-17(22)12-10-16/h4-12,14-15H,13H2,1-3H3/t15-/m0/s1. The molecule has 0 unspecified atom stereocenters. The van der Waals surface area contributed by atoms with Crippen molar-refractivity contribution < 1.29 is 14.1 Å². The van der Waals surface area contributed by atoms with Gasteiger partial charge in [-0.1, -0.05) is 35.0 Å². The lowest BCUT2D eigenvalue weighted by Crippen LogP contribution is -2.43. The van der Waals surface area contributed by atoms with Crippen LogP contribution in [0.25, 0.3) is 11.4 Å². The number of halogens is 1. The molecule has 0 spiro atoms. The van der Waals surface area contributed by atoms with Crippen LogP contribution in [0.15, 0.2) is 59.1 Å². The number of carbonyl (C=O) groups is 1. The number of nitrogens with zero attached hydrogens (tertiary/aromatic N) is 3. The second-order valence-electron chi connectivity index (χ2n) is 6.65. The molecule has 1 heterocycles. The molecule has 3 rings (SSSR count). The minimum Gasteiger partial charge on any atom is -0.481 e. The third-order valence-electron chi connectivity index (χ3n) is 4.19. The molecule has 1 atom stereocenters. The maximum absolute atomic E-state index is 12.9. The van der Waals surface area contributed by atoms with Crippen LogP contribution in [0.4, 0.5) is 0 Å². The quantitative estimate of drug-likeness (QED) is 0.581. The summed E-state index contributed by atoms with van der Waals surface area (Å²) < 4.78 is 11.1. The summed E-state index contributed by atoms with van der Waals surface area (Å²) in [5.74, 6) is 1.32. The van der Waals surface area contributed by atoms with Gasteiger partial charge in [-0.25, -0.2) is 0 Å². The van der Waals surface area contributed by atoms with Crippen LogP contribution in [0.3, 0.4) is 0 Å². The van der Waals surface area contributed by atoms with Crippen molar-refractivity contribution >= 4 is 17.5 Å². The number of aromatic nitrogens is 2. The van der Waals surface area contributed by atoms with Gasteiger partial charge >= 0.3 is 0 Å². The van der Waals surface area contributed by atoms with Gasteiger partial charge in [0.1, 0.15) is 12.3 Å². The highest BCUT2D eigenvalue weighted by molar-refractivity contribution is 6.30. The second kappa shape index (κ2) is 8.89. The van der Waals surface area contributed by atoms with Crippen LogP contribution < -0.4 is 4.74 Å². The van der Waals surface area contributed by atoms with Gasteiger partial charge in [-0.15, -0.1) is 0 Å². The maximum Gasteiger partial charge on any atom is 0.264 e. The first-order chi connectivity index (χ1) is 13.4. The lowest BCUT2D eigenvalue weighted by Gasteiger charge is -2.28. The van der Waals surface area contributed by atoms with Crippen molar-refractivity contribution in [3.63, 3.8) is 0 Å². The average Bonchev–Trinajstić information content (AvgIpc) is 3.15. The number of amides is 1. The van der Waals surface area contributed by atoms with Gasteiger partial charge in [0, 0.05) is 16.6 Å². The summed E-state index contributed by atoms with van der Waals surface area (Å²) in [5, 5.41) is 4.64. The zero-order chi connectivity index (χ0) is 20.1. The summed E-state index contributed by atoms with van der Waals surface area (Å²) in [7, 11) is 0. The van der Waals surface area contributed by atoms with Crippen LogP contribution >= 0.6 is 11.6 Å². The van der Waals surface area contributed by atoms with Crippen molar-refractivity contribution in [2.45, 2.75) is 39.5 Å². The summed E-state index contributed by atoms with van der Waals surface area (Å²) >= 11 is 5.91. The van der Waals surface area contributed by atoms with Crippen LogP contribution in [0.5, 0.6) is 5.75 Å². The molecule has 0 bridgehead atoms. The molecule has 2 aromatic carbocycles. The Morgan fingerprint density at radius 2 is 1.79 bits per heavy atom. The molecule has 0 saturated heterocycles. The zero-order valence-electron chi connectivity index (χ0n) is 16.0. The molecule has 3 aromatic rings. The Morgan fingerprint density at radius 3 is 2.43 bits per heavy atom. The Kier molecular flexibility index (Phi) is 6.31. The van der Waals surface area contributed by atoms with E-state index in [1.54, 1.807) is 24.0 Å². The molecular formula is C21H22ClN3O3. The van der Waals surface area contributed by atoms with Crippen LogP contribution in [-0.2, 0) is 11.3 Å². The highest BCUT2D eigenvalue weighted by Gasteiger charge is 2.26. The minimum atomic E-state index is -0.636. The SMILES string of the molecule is CC(C)N(Cc1nc(-c2ccc(Cl)cc2)no1)C(=O)[C@H](C)Oc1ccccc1. The van der Waals surface area contributed by atoms with Crippen LogP contribution in [0.1, 0.15) is 26.7 Å². The van der Waals surface area contributed by atoms with Crippen molar-refractivity contribution in [2.24, 2.45) is 0 Å². The number of carbonyl (C=O) groups excluding carboxylic acids is 1. The maximum atomic E-state index is 12.9. The summed E-state index contributed by atoms with van der Waals surface area (Å²) in [5.41, 5.74) is 0.794. The van der Waals surface area contributed by atoms with Gasteiger partial charge in [-0.3, -0.25) is 4.79 Å². The molecule has 0 radical (unpaired) electrons. The van der Waals surface area contributed by atoms with E-state index in [0.29, 0.717) is 22.5 Å². The lowest BCUT2D eigenvalue weighted by atomic mass is 10.2. The van der Waals surface area contributed by atoms with Gasteiger partial charge < -0.3 is 14.2 Å². The predicted molar refractivity (Wildman–Crippen MR) is 107 cm³/mol. The van der Waals surface area contributed by atoms with Gasteiger partial charge in [-0.05, 0) is 57.2 Å². The molecule has 1 amide bonds. The highest BCUT2D eigenvalue weighted by atomic mass is 35.5. The molecule has 7 heteroatoms. The van der Waals surface area contributed by atoms with Crippen molar-refractivity contribution in [3.8, 4) is 17.1 Å². The first kappa shape index (κ1) is 19.9. The van der Waals surface area contributed by atoms with Crippen LogP contribution in [0.2, 0.25) is 5.02 Å². The molecule has 0 N–H and O–H groups in total. The van der Waals surface area contributed by atoms with E-state index in [4.69, 9.17) is 20.9 Å². The van der Waals surface area contributed by atoms with Crippen LogP contribution in [-0.4, -0.2) is 33.1 Å². The highest BCUT2D eigenvalue weighted by Crippen LogP contribution is 2.20. The lowest BCUT2D eigenvalue weighted by molar-refractivity contribution is -0.140. The van der Waals surface area contributed by atoms with E-state index in [-0.39, 0.29) is 18.5 Å². The van der Waals surface area contributed by atoms with Crippen molar-refractivity contribution in [2.75, 3.05) is 0 Å². The summed E-state index contributed by atoms with van der Waals surface area (Å²) in [6.45, 7) is 5.81. The van der Waals surface area contributed by atoms with Crippen molar-refractivity contribution in [3.05, 3.63) is 65.5 Å². The Morgan fingerprint density at radius 1 is 1.11 bits per heavy atom. The van der Waals surface area contributed by atoms with E-state index in [9.17, 15) is 4.79 Å². The largest absolute Gasteiger partial charge is 0.481 e. The van der Waals surface area contributed by atoms with Crippen molar-refractivity contribution in [1.29, 1.82) is 0 Å². The van der Waals surface area contributed by atoms with E-state index < -0.39 is 6.10 Å². The molecule has 0 saturated carbocycles.